The number of benzene rings is 1. The Morgan fingerprint density at radius 3 is 2.53 bits per heavy atom. The van der Waals surface area contributed by atoms with Crippen molar-refractivity contribution in [3.63, 3.8) is 0 Å². The van der Waals surface area contributed by atoms with E-state index in [1.807, 2.05) is 36.4 Å². The Morgan fingerprint density at radius 2 is 1.87 bits per heavy atom. The molecule has 0 spiro atoms. The van der Waals surface area contributed by atoms with Gasteiger partial charge in [0.1, 0.15) is 0 Å². The summed E-state index contributed by atoms with van der Waals surface area (Å²) in [6.45, 7) is 0.383. The topological polar surface area (TPSA) is 88.1 Å². The van der Waals surface area contributed by atoms with Crippen molar-refractivity contribution >= 4 is 23.3 Å². The van der Waals surface area contributed by atoms with Gasteiger partial charge in [-0.25, -0.2) is 0 Å². The van der Waals surface area contributed by atoms with Gasteiger partial charge in [-0.3, -0.25) is 14.6 Å². The monoisotopic (exact) mass is 421 g/mol. The van der Waals surface area contributed by atoms with Crippen molar-refractivity contribution in [2.45, 2.75) is 44.3 Å². The van der Waals surface area contributed by atoms with Crippen LogP contribution in [0.3, 0.4) is 0 Å². The highest BCUT2D eigenvalue weighted by molar-refractivity contribution is 7.03. The van der Waals surface area contributed by atoms with Crippen molar-refractivity contribution in [3.05, 3.63) is 77.1 Å². The average molecular weight is 422 g/mol. The van der Waals surface area contributed by atoms with Crippen molar-refractivity contribution in [2.75, 3.05) is 0 Å². The lowest BCUT2D eigenvalue weighted by Crippen LogP contribution is -2.48. The van der Waals surface area contributed by atoms with Crippen LogP contribution in [-0.4, -0.2) is 37.3 Å². The van der Waals surface area contributed by atoms with Crippen molar-refractivity contribution < 1.29 is 9.59 Å². The molecule has 0 radical (unpaired) electrons. The Balaban J connectivity index is 1.66. The van der Waals surface area contributed by atoms with Crippen LogP contribution in [0.25, 0.3) is 0 Å². The molecule has 0 bridgehead atoms. The van der Waals surface area contributed by atoms with E-state index in [0.717, 1.165) is 42.8 Å². The Morgan fingerprint density at radius 1 is 1.10 bits per heavy atom. The zero-order chi connectivity index (χ0) is 20.8. The molecule has 2 heterocycles. The first kappa shape index (κ1) is 20.2. The molecule has 30 heavy (non-hydrogen) atoms. The zero-order valence-electron chi connectivity index (χ0n) is 16.5. The highest BCUT2D eigenvalue weighted by Gasteiger charge is 2.39. The van der Waals surface area contributed by atoms with E-state index in [9.17, 15) is 9.59 Å². The van der Waals surface area contributed by atoms with E-state index in [1.165, 1.54) is 0 Å². The van der Waals surface area contributed by atoms with Gasteiger partial charge < -0.3 is 10.2 Å². The van der Waals surface area contributed by atoms with Crippen molar-refractivity contribution in [1.82, 2.24) is 24.8 Å². The Kier molecular flexibility index (Phi) is 6.44. The van der Waals surface area contributed by atoms with Gasteiger partial charge in [0, 0.05) is 24.2 Å². The molecule has 4 rings (SSSR count). The van der Waals surface area contributed by atoms with Crippen molar-refractivity contribution in [3.8, 4) is 0 Å². The van der Waals surface area contributed by atoms with E-state index >= 15 is 0 Å². The minimum Gasteiger partial charge on any atom is -0.350 e. The number of rotatable bonds is 7. The van der Waals surface area contributed by atoms with Gasteiger partial charge in [0.25, 0.3) is 5.91 Å². The fourth-order valence-electron chi connectivity index (χ4n) is 3.89. The maximum Gasteiger partial charge on any atom is 0.276 e. The van der Waals surface area contributed by atoms with E-state index in [2.05, 4.69) is 19.9 Å². The molecule has 7 nitrogen and oxygen atoms in total. The lowest BCUT2D eigenvalue weighted by molar-refractivity contribution is -0.127. The quantitative estimate of drug-likeness (QED) is 0.632. The summed E-state index contributed by atoms with van der Waals surface area (Å²) in [5.41, 5.74) is 1.81. The van der Waals surface area contributed by atoms with Crippen LogP contribution in [0.15, 0.2) is 60.1 Å². The van der Waals surface area contributed by atoms with Gasteiger partial charge in [0.05, 0.1) is 5.69 Å². The number of carbonyl (C=O) groups is 2. The second-order valence-corrected chi connectivity index (χ2v) is 7.91. The van der Waals surface area contributed by atoms with Gasteiger partial charge in [-0.2, -0.15) is 0 Å². The number of aromatic nitrogens is 3. The van der Waals surface area contributed by atoms with Gasteiger partial charge in [-0.1, -0.05) is 53.7 Å². The van der Waals surface area contributed by atoms with Crippen molar-refractivity contribution in [2.24, 2.45) is 0 Å². The van der Waals surface area contributed by atoms with Gasteiger partial charge in [0.15, 0.2) is 11.7 Å². The molecule has 0 aliphatic heterocycles. The van der Waals surface area contributed by atoms with Crippen LogP contribution in [0.1, 0.15) is 53.5 Å². The molecular formula is C22H23N5O2S. The first-order valence-electron chi connectivity index (χ1n) is 10.1. The molecule has 2 aromatic heterocycles. The molecule has 8 heteroatoms. The molecule has 1 fully saturated rings. The second kappa shape index (κ2) is 9.58. The molecule has 1 aliphatic carbocycles. The van der Waals surface area contributed by atoms with Gasteiger partial charge in [-0.15, -0.1) is 5.10 Å². The molecule has 1 N–H and O–H groups in total. The predicted molar refractivity (Wildman–Crippen MR) is 114 cm³/mol. The number of nitrogens with zero attached hydrogens (tertiary/aromatic N) is 4. The smallest absolute Gasteiger partial charge is 0.276 e. The molecular weight excluding hydrogens is 398 g/mol. The van der Waals surface area contributed by atoms with Gasteiger partial charge in [-0.05, 0) is 42.1 Å². The molecule has 1 saturated carbocycles. The third-order valence-corrected chi connectivity index (χ3v) is 5.84. The Bertz CT molecular complexity index is 960. The molecule has 3 aromatic rings. The number of amides is 2. The summed E-state index contributed by atoms with van der Waals surface area (Å²) in [6, 6.07) is 14.3. The maximum absolute atomic E-state index is 13.4. The largest absolute Gasteiger partial charge is 0.350 e. The van der Waals surface area contributed by atoms with Gasteiger partial charge in [0.2, 0.25) is 5.91 Å². The molecule has 1 aromatic carbocycles. The number of pyridine rings is 1. The molecule has 1 aliphatic rings. The molecule has 0 unspecified atom stereocenters. The first-order valence-corrected chi connectivity index (χ1v) is 10.9. The molecule has 0 saturated heterocycles. The normalized spacial score (nSPS) is 14.9. The van der Waals surface area contributed by atoms with Crippen LogP contribution in [0.5, 0.6) is 0 Å². The van der Waals surface area contributed by atoms with Crippen LogP contribution < -0.4 is 5.32 Å². The van der Waals surface area contributed by atoms with Crippen LogP contribution in [-0.2, 0) is 11.3 Å². The maximum atomic E-state index is 13.4. The average Bonchev–Trinajstić information content (AvgIpc) is 3.51. The molecule has 2 amide bonds. The summed E-state index contributed by atoms with van der Waals surface area (Å²) in [5, 5.41) is 8.58. The summed E-state index contributed by atoms with van der Waals surface area (Å²) in [6.07, 6.45) is 5.43. The van der Waals surface area contributed by atoms with Crippen LogP contribution in [0.2, 0.25) is 0 Å². The van der Waals surface area contributed by atoms with E-state index < -0.39 is 6.04 Å². The zero-order valence-corrected chi connectivity index (χ0v) is 17.3. The van der Waals surface area contributed by atoms with Crippen molar-refractivity contribution in [1.29, 1.82) is 0 Å². The van der Waals surface area contributed by atoms with E-state index in [1.54, 1.807) is 28.6 Å². The summed E-state index contributed by atoms with van der Waals surface area (Å²) in [5.74, 6) is -0.526. The summed E-state index contributed by atoms with van der Waals surface area (Å²) in [4.78, 5) is 32.9. The Hall–Kier alpha value is -3.13. The summed E-state index contributed by atoms with van der Waals surface area (Å²) >= 11 is 1.13. The SMILES string of the molecule is O=C(NCc1ccccc1)[C@@H](c1ccccn1)N(C(=O)c1csnn1)C1CCCC1. The minimum absolute atomic E-state index is 0.0336. The first-order chi connectivity index (χ1) is 14.7. The minimum atomic E-state index is -0.827. The lowest BCUT2D eigenvalue weighted by atomic mass is 10.0. The van der Waals surface area contributed by atoms with E-state index in [4.69, 9.17) is 0 Å². The number of nitrogens with one attached hydrogen (secondary N) is 1. The third-order valence-electron chi connectivity index (χ3n) is 5.34. The van der Waals surface area contributed by atoms with E-state index in [0.29, 0.717) is 12.2 Å². The van der Waals surface area contributed by atoms with Crippen LogP contribution in [0, 0.1) is 0 Å². The highest BCUT2D eigenvalue weighted by Crippen LogP contribution is 2.32. The number of hydrogen-bond donors (Lipinski definition) is 1. The standard InChI is InChI=1S/C22H23N5O2S/c28-21(24-14-16-8-2-1-3-9-16)20(18-12-6-7-13-23-18)27(17-10-4-5-11-17)22(29)19-15-30-26-25-19/h1-3,6-9,12-13,15,17,20H,4-5,10-11,14H2,(H,24,28)/t20-/m1/s1. The Labute approximate surface area is 179 Å². The van der Waals surface area contributed by atoms with Crippen LogP contribution in [0.4, 0.5) is 0 Å². The summed E-state index contributed by atoms with van der Waals surface area (Å²) < 4.78 is 3.83. The number of hydrogen-bond acceptors (Lipinski definition) is 6. The fourth-order valence-corrected chi connectivity index (χ4v) is 4.32. The lowest BCUT2D eigenvalue weighted by Gasteiger charge is -2.35. The fraction of sp³-hybridized carbons (Fsp3) is 0.318. The predicted octanol–water partition coefficient (Wildman–Crippen LogP) is 3.38. The number of carbonyl (C=O) groups excluding carboxylic acids is 2. The molecule has 1 atom stereocenters. The second-order valence-electron chi connectivity index (χ2n) is 7.30. The highest BCUT2D eigenvalue weighted by atomic mass is 32.1. The van der Waals surface area contributed by atoms with Gasteiger partial charge >= 0.3 is 0 Å². The summed E-state index contributed by atoms with van der Waals surface area (Å²) in [7, 11) is 0. The third kappa shape index (κ3) is 4.54. The van der Waals surface area contributed by atoms with E-state index in [-0.39, 0.29) is 23.6 Å². The molecule has 154 valence electrons. The van der Waals surface area contributed by atoms with Crippen LogP contribution >= 0.6 is 11.5 Å².